The summed E-state index contributed by atoms with van der Waals surface area (Å²) < 4.78 is 19.7. The molecular formula is C40H50N4O6. The molecule has 1 aliphatic heterocycles. The minimum atomic E-state index is -0.702. The maximum Gasteiger partial charge on any atom is 0.358 e. The van der Waals surface area contributed by atoms with Crippen LogP contribution in [0.3, 0.4) is 0 Å². The Morgan fingerprint density at radius 2 is 1.80 bits per heavy atom. The molecule has 50 heavy (non-hydrogen) atoms. The zero-order valence-corrected chi connectivity index (χ0v) is 30.5. The SMILES string of the molecule is COC(=O)c1cccc2c1CN(c1ccc(-c3cnn(CC45CC6(C)CC7(C)CC(OCCO)(C4)C65C7)c3C)c(C(=O)OC(C)(C)C)n1)CC2. The number of carbonyl (C=O) groups excluding carboxylic acids is 2. The van der Waals surface area contributed by atoms with Crippen molar-refractivity contribution in [1.29, 1.82) is 0 Å². The Bertz CT molecular complexity index is 1920. The van der Waals surface area contributed by atoms with E-state index in [2.05, 4.69) is 36.4 Å². The van der Waals surface area contributed by atoms with Crippen molar-refractivity contribution in [2.45, 2.75) is 104 Å². The van der Waals surface area contributed by atoms with Crippen LogP contribution in [0.2, 0.25) is 0 Å². The maximum absolute atomic E-state index is 13.9. The number of benzene rings is 1. The molecule has 266 valence electrons. The van der Waals surface area contributed by atoms with Crippen LogP contribution in [0.15, 0.2) is 36.5 Å². The number of aliphatic hydroxyl groups excluding tert-OH is 1. The molecule has 10 heteroatoms. The van der Waals surface area contributed by atoms with Crippen LogP contribution in [0.5, 0.6) is 0 Å². The van der Waals surface area contributed by atoms with Gasteiger partial charge in [-0.1, -0.05) is 26.0 Å². The minimum Gasteiger partial charge on any atom is -0.465 e. The molecule has 1 N–H and O–H groups in total. The van der Waals surface area contributed by atoms with Crippen LogP contribution in [0.1, 0.15) is 104 Å². The van der Waals surface area contributed by atoms with Crippen LogP contribution >= 0.6 is 0 Å². The van der Waals surface area contributed by atoms with Crippen molar-refractivity contribution >= 4 is 17.8 Å². The number of carbonyl (C=O) groups is 2. The van der Waals surface area contributed by atoms with Crippen LogP contribution in [-0.4, -0.2) is 69.9 Å². The first-order valence-electron chi connectivity index (χ1n) is 18.1. The smallest absolute Gasteiger partial charge is 0.358 e. The molecule has 3 aromatic rings. The van der Waals surface area contributed by atoms with Gasteiger partial charge in [0, 0.05) is 47.3 Å². The number of anilines is 1. The zero-order valence-electron chi connectivity index (χ0n) is 30.5. The van der Waals surface area contributed by atoms with Gasteiger partial charge in [-0.05, 0) is 106 Å². The Balaban J connectivity index is 1.12. The molecule has 1 spiro atoms. The minimum absolute atomic E-state index is 0.0479. The third-order valence-corrected chi connectivity index (χ3v) is 13.1. The predicted octanol–water partition coefficient (Wildman–Crippen LogP) is 6.30. The van der Waals surface area contributed by atoms with Gasteiger partial charge in [-0.25, -0.2) is 14.6 Å². The van der Waals surface area contributed by atoms with Gasteiger partial charge in [0.1, 0.15) is 11.4 Å². The standard InChI is InChI=1S/C40H50N4O6/c1-25-29(17-41-44(25)24-38-22-37(6)19-36(5)20-39(23-38,49-16-15-45)40(37,38)21-36)27-11-12-31(42-32(27)34(47)50-35(2,3)4)43-14-13-26-9-8-10-28(30(26)18-43)33(46)48-7/h8-12,17,45H,13-16,18-24H2,1-7H3. The molecule has 5 unspecified atom stereocenters. The molecular weight excluding hydrogens is 632 g/mol. The second-order valence-electron chi connectivity index (χ2n) is 17.5. The summed E-state index contributed by atoms with van der Waals surface area (Å²) in [6, 6.07) is 9.66. The molecule has 5 atom stereocenters. The molecule has 4 fully saturated rings. The fourth-order valence-electron chi connectivity index (χ4n) is 12.1. The number of nitrogens with zero attached hydrogens (tertiary/aromatic N) is 4. The third-order valence-electron chi connectivity index (χ3n) is 13.1. The van der Waals surface area contributed by atoms with Gasteiger partial charge in [0.2, 0.25) is 0 Å². The maximum atomic E-state index is 13.9. The van der Waals surface area contributed by atoms with E-state index in [1.807, 2.05) is 45.2 Å². The van der Waals surface area contributed by atoms with Gasteiger partial charge in [0.05, 0.1) is 37.7 Å². The van der Waals surface area contributed by atoms with Crippen molar-refractivity contribution in [3.8, 4) is 11.1 Å². The quantitative estimate of drug-likeness (QED) is 0.260. The number of hydrogen-bond donors (Lipinski definition) is 1. The largest absolute Gasteiger partial charge is 0.465 e. The number of hydrogen-bond acceptors (Lipinski definition) is 9. The second-order valence-corrected chi connectivity index (χ2v) is 17.5. The fraction of sp³-hybridized carbons (Fsp3) is 0.600. The summed E-state index contributed by atoms with van der Waals surface area (Å²) in [5.74, 6) is -0.196. The summed E-state index contributed by atoms with van der Waals surface area (Å²) in [4.78, 5) is 33.5. The zero-order chi connectivity index (χ0) is 35.5. The summed E-state index contributed by atoms with van der Waals surface area (Å²) in [5.41, 5.74) is 5.25. The summed E-state index contributed by atoms with van der Waals surface area (Å²) in [6.45, 7) is 15.0. The summed E-state index contributed by atoms with van der Waals surface area (Å²) in [6.07, 6.45) is 8.24. The lowest BCUT2D eigenvalue weighted by atomic mass is 9.23. The normalized spacial score (nSPS) is 31.8. The van der Waals surface area contributed by atoms with E-state index in [-0.39, 0.29) is 45.5 Å². The number of rotatable bonds is 9. The number of esters is 2. The molecule has 0 amide bonds. The molecule has 3 heterocycles. The molecule has 0 saturated heterocycles. The average Bonchev–Trinajstić information content (AvgIpc) is 3.62. The number of methoxy groups -OCH3 is 1. The first kappa shape index (κ1) is 33.4. The molecule has 5 aliphatic rings. The van der Waals surface area contributed by atoms with Crippen molar-refractivity contribution < 1.29 is 28.9 Å². The van der Waals surface area contributed by atoms with Crippen LogP contribution in [-0.2, 0) is 33.7 Å². The molecule has 2 aromatic heterocycles. The van der Waals surface area contributed by atoms with Crippen molar-refractivity contribution in [1.82, 2.24) is 14.8 Å². The highest BCUT2D eigenvalue weighted by atomic mass is 16.6. The highest BCUT2D eigenvalue weighted by Crippen LogP contribution is 2.96. The van der Waals surface area contributed by atoms with Gasteiger partial charge < -0.3 is 24.2 Å². The van der Waals surface area contributed by atoms with Gasteiger partial charge in [0.25, 0.3) is 0 Å². The molecule has 2 bridgehead atoms. The van der Waals surface area contributed by atoms with Gasteiger partial charge >= 0.3 is 11.9 Å². The lowest BCUT2D eigenvalue weighted by Gasteiger charge is -2.83. The van der Waals surface area contributed by atoms with Crippen LogP contribution in [0.4, 0.5) is 5.82 Å². The summed E-state index contributed by atoms with van der Waals surface area (Å²) in [7, 11) is 1.40. The Hall–Kier alpha value is -3.76. The van der Waals surface area contributed by atoms with Crippen LogP contribution in [0, 0.1) is 28.6 Å². The summed E-state index contributed by atoms with van der Waals surface area (Å²) in [5, 5.41) is 14.6. The Labute approximate surface area is 294 Å². The monoisotopic (exact) mass is 682 g/mol. The van der Waals surface area contributed by atoms with Crippen LogP contribution < -0.4 is 4.90 Å². The van der Waals surface area contributed by atoms with E-state index in [0.717, 1.165) is 54.6 Å². The van der Waals surface area contributed by atoms with Gasteiger partial charge in [-0.15, -0.1) is 0 Å². The third kappa shape index (κ3) is 4.52. The number of pyridine rings is 1. The summed E-state index contributed by atoms with van der Waals surface area (Å²) >= 11 is 0. The van der Waals surface area contributed by atoms with E-state index < -0.39 is 11.6 Å². The molecule has 4 saturated carbocycles. The Morgan fingerprint density at radius 1 is 1.00 bits per heavy atom. The average molecular weight is 683 g/mol. The number of ether oxygens (including phenoxy) is 3. The Morgan fingerprint density at radius 3 is 2.52 bits per heavy atom. The van der Waals surface area contributed by atoms with E-state index >= 15 is 0 Å². The van der Waals surface area contributed by atoms with E-state index in [1.165, 1.54) is 20.0 Å². The number of fused-ring (bicyclic) bond motifs is 2. The Kier molecular flexibility index (Phi) is 7.26. The predicted molar refractivity (Wildman–Crippen MR) is 188 cm³/mol. The van der Waals surface area contributed by atoms with E-state index in [0.29, 0.717) is 36.6 Å². The first-order chi connectivity index (χ1) is 23.6. The molecule has 8 rings (SSSR count). The topological polar surface area (TPSA) is 116 Å². The van der Waals surface area contributed by atoms with Gasteiger partial charge in [-0.2, -0.15) is 5.10 Å². The van der Waals surface area contributed by atoms with Crippen molar-refractivity contribution in [2.75, 3.05) is 31.8 Å². The first-order valence-corrected chi connectivity index (χ1v) is 18.1. The van der Waals surface area contributed by atoms with Gasteiger partial charge in [-0.3, -0.25) is 4.68 Å². The highest BCUT2D eigenvalue weighted by Gasteiger charge is 2.93. The lowest BCUT2D eigenvalue weighted by Crippen LogP contribution is -2.83. The van der Waals surface area contributed by atoms with Crippen molar-refractivity contribution in [3.63, 3.8) is 0 Å². The van der Waals surface area contributed by atoms with Gasteiger partial charge in [0.15, 0.2) is 5.69 Å². The van der Waals surface area contributed by atoms with Crippen LogP contribution in [0.25, 0.3) is 11.1 Å². The molecule has 1 aromatic carbocycles. The molecule has 0 radical (unpaired) electrons. The van der Waals surface area contributed by atoms with E-state index in [9.17, 15) is 14.7 Å². The van der Waals surface area contributed by atoms with E-state index in [1.54, 1.807) is 6.07 Å². The van der Waals surface area contributed by atoms with E-state index in [4.69, 9.17) is 24.3 Å². The fourth-order valence-corrected chi connectivity index (χ4v) is 12.1. The van der Waals surface area contributed by atoms with Crippen molar-refractivity contribution in [3.05, 3.63) is 64.6 Å². The molecule has 10 nitrogen and oxygen atoms in total. The second kappa shape index (κ2) is 10.9. The van der Waals surface area contributed by atoms with Crippen molar-refractivity contribution in [2.24, 2.45) is 21.7 Å². The molecule has 4 aliphatic carbocycles. The number of aliphatic hydroxyl groups is 1. The lowest BCUT2D eigenvalue weighted by molar-refractivity contribution is -0.398. The highest BCUT2D eigenvalue weighted by molar-refractivity contribution is 5.96. The number of aromatic nitrogens is 3.